The van der Waals surface area contributed by atoms with Gasteiger partial charge in [-0.15, -0.1) is 0 Å². The third-order valence-corrected chi connectivity index (χ3v) is 5.71. The van der Waals surface area contributed by atoms with Crippen LogP contribution in [0.5, 0.6) is 11.5 Å². The van der Waals surface area contributed by atoms with E-state index < -0.39 is 18.0 Å². The number of urea groups is 1. The topological polar surface area (TPSA) is 85.9 Å². The van der Waals surface area contributed by atoms with Crippen LogP contribution in [0.3, 0.4) is 0 Å². The van der Waals surface area contributed by atoms with Gasteiger partial charge in [-0.05, 0) is 55.7 Å². The molecule has 1 aliphatic rings. The van der Waals surface area contributed by atoms with Crippen LogP contribution in [-0.4, -0.2) is 25.2 Å². The summed E-state index contributed by atoms with van der Waals surface area (Å²) in [4.78, 5) is 25.2. The Balaban J connectivity index is 1.95. The number of benzene rings is 2. The Morgan fingerprint density at radius 1 is 1.09 bits per heavy atom. The third-order valence-electron chi connectivity index (χ3n) is 4.97. The van der Waals surface area contributed by atoms with Gasteiger partial charge >= 0.3 is 12.0 Å². The van der Waals surface area contributed by atoms with Gasteiger partial charge in [0.1, 0.15) is 6.61 Å². The van der Waals surface area contributed by atoms with Crippen molar-refractivity contribution in [2.75, 3.05) is 7.11 Å². The Labute approximate surface area is 203 Å². The minimum Gasteiger partial charge on any atom is -0.493 e. The first kappa shape index (κ1) is 24.7. The molecule has 1 unspecified atom stereocenters. The molecule has 0 bridgehead atoms. The lowest BCUT2D eigenvalue weighted by atomic mass is 9.94. The molecule has 33 heavy (non-hydrogen) atoms. The van der Waals surface area contributed by atoms with Crippen LogP contribution in [0.2, 0.25) is 10.0 Å². The summed E-state index contributed by atoms with van der Waals surface area (Å²) < 4.78 is 16.9. The van der Waals surface area contributed by atoms with E-state index in [2.05, 4.69) is 10.6 Å². The molecule has 7 nitrogen and oxygen atoms in total. The summed E-state index contributed by atoms with van der Waals surface area (Å²) in [6.07, 6.45) is 0.158. The summed E-state index contributed by atoms with van der Waals surface area (Å²) >= 11 is 12.1. The van der Waals surface area contributed by atoms with Gasteiger partial charge in [0.2, 0.25) is 0 Å². The number of allylic oxidation sites excluding steroid dienone is 1. The molecule has 0 aliphatic carbocycles. The van der Waals surface area contributed by atoms with E-state index in [1.54, 1.807) is 44.2 Å². The molecule has 176 valence electrons. The number of nitrogens with one attached hydrogen (secondary N) is 2. The van der Waals surface area contributed by atoms with E-state index in [1.807, 2.05) is 13.0 Å². The number of halogens is 2. The first-order valence-electron chi connectivity index (χ1n) is 10.5. The van der Waals surface area contributed by atoms with Crippen LogP contribution < -0.4 is 20.1 Å². The molecule has 0 saturated heterocycles. The van der Waals surface area contributed by atoms with Crippen LogP contribution in [-0.2, 0) is 16.1 Å². The Bertz CT molecular complexity index is 1080. The average molecular weight is 493 g/mol. The second kappa shape index (κ2) is 10.8. The number of ether oxygens (including phenoxy) is 3. The summed E-state index contributed by atoms with van der Waals surface area (Å²) in [6, 6.07) is 9.37. The van der Waals surface area contributed by atoms with Crippen LogP contribution in [0.15, 0.2) is 47.7 Å². The molecule has 1 aliphatic heterocycles. The first-order valence-corrected chi connectivity index (χ1v) is 11.2. The minimum absolute atomic E-state index is 0.216. The number of esters is 1. The molecule has 0 spiro atoms. The highest BCUT2D eigenvalue weighted by Crippen LogP contribution is 2.36. The number of carbonyl (C=O) groups is 2. The highest BCUT2D eigenvalue weighted by atomic mass is 35.5. The molecule has 1 atom stereocenters. The van der Waals surface area contributed by atoms with Crippen molar-refractivity contribution in [1.29, 1.82) is 0 Å². The fraction of sp³-hybridized carbons (Fsp3) is 0.333. The fourth-order valence-corrected chi connectivity index (χ4v) is 3.76. The highest BCUT2D eigenvalue weighted by Gasteiger charge is 2.34. The third kappa shape index (κ3) is 5.92. The predicted molar refractivity (Wildman–Crippen MR) is 127 cm³/mol. The molecule has 0 aromatic heterocycles. The maximum Gasteiger partial charge on any atom is 0.338 e. The van der Waals surface area contributed by atoms with E-state index in [1.165, 1.54) is 7.11 Å². The zero-order chi connectivity index (χ0) is 24.1. The molecule has 2 amide bonds. The Morgan fingerprint density at radius 2 is 1.85 bits per heavy atom. The van der Waals surface area contributed by atoms with Gasteiger partial charge in [0.05, 0.1) is 34.9 Å². The summed E-state index contributed by atoms with van der Waals surface area (Å²) in [6.45, 7) is 5.63. The van der Waals surface area contributed by atoms with E-state index >= 15 is 0 Å². The average Bonchev–Trinajstić information content (AvgIpc) is 2.78. The number of amides is 2. The van der Waals surface area contributed by atoms with Crippen molar-refractivity contribution in [3.05, 3.63) is 68.8 Å². The summed E-state index contributed by atoms with van der Waals surface area (Å²) in [5.41, 5.74) is 2.34. The standard InChI is InChI=1S/C24H26Cl2N2O5/c1-5-18-21(23(29)33-13(2)3)22(28-24(30)27-18)15-7-9-19(31-4)20(11-15)32-12-14-6-8-16(25)17(26)10-14/h6-11,13,22H,5,12H2,1-4H3,(H2,27,28,30). The second-order valence-corrected chi connectivity index (χ2v) is 8.49. The SMILES string of the molecule is CCC1=C(C(=O)OC(C)C)C(c2ccc(OC)c(OCc3ccc(Cl)c(Cl)c3)c2)NC(=O)N1. The smallest absolute Gasteiger partial charge is 0.338 e. The lowest BCUT2D eigenvalue weighted by Crippen LogP contribution is -2.46. The van der Waals surface area contributed by atoms with E-state index in [4.69, 9.17) is 37.4 Å². The quantitative estimate of drug-likeness (QED) is 0.471. The van der Waals surface area contributed by atoms with Crippen molar-refractivity contribution in [2.45, 2.75) is 45.9 Å². The number of hydrogen-bond donors (Lipinski definition) is 2. The Kier molecular flexibility index (Phi) is 8.10. The van der Waals surface area contributed by atoms with Gasteiger partial charge in [-0.25, -0.2) is 9.59 Å². The van der Waals surface area contributed by atoms with Gasteiger partial charge in [0, 0.05) is 5.70 Å². The van der Waals surface area contributed by atoms with Crippen molar-refractivity contribution in [3.8, 4) is 11.5 Å². The first-order chi connectivity index (χ1) is 15.7. The van der Waals surface area contributed by atoms with Crippen molar-refractivity contribution < 1.29 is 23.8 Å². The maximum atomic E-state index is 12.9. The van der Waals surface area contributed by atoms with E-state index in [0.29, 0.717) is 44.8 Å². The van der Waals surface area contributed by atoms with Crippen molar-refractivity contribution in [1.82, 2.24) is 10.6 Å². The molecule has 0 saturated carbocycles. The largest absolute Gasteiger partial charge is 0.493 e. The predicted octanol–water partition coefficient (Wildman–Crippen LogP) is 5.55. The molecule has 2 N–H and O–H groups in total. The number of carbonyl (C=O) groups excluding carboxylic acids is 2. The molecule has 1 heterocycles. The molecule has 2 aromatic carbocycles. The van der Waals surface area contributed by atoms with Crippen molar-refractivity contribution >= 4 is 35.2 Å². The van der Waals surface area contributed by atoms with Crippen molar-refractivity contribution in [3.63, 3.8) is 0 Å². The van der Waals surface area contributed by atoms with Crippen LogP contribution in [0, 0.1) is 0 Å². The van der Waals surface area contributed by atoms with Crippen LogP contribution in [0.25, 0.3) is 0 Å². The number of hydrogen-bond acceptors (Lipinski definition) is 5. The van der Waals surface area contributed by atoms with Gasteiger partial charge < -0.3 is 24.8 Å². The van der Waals surface area contributed by atoms with E-state index in [-0.39, 0.29) is 12.7 Å². The van der Waals surface area contributed by atoms with Crippen LogP contribution in [0.1, 0.15) is 44.4 Å². The molecule has 3 rings (SSSR count). The molecule has 9 heteroatoms. The number of rotatable bonds is 8. The lowest BCUT2D eigenvalue weighted by molar-refractivity contribution is -0.143. The van der Waals surface area contributed by atoms with Crippen LogP contribution >= 0.6 is 23.2 Å². The summed E-state index contributed by atoms with van der Waals surface area (Å²) in [5.74, 6) is 0.460. The molecular formula is C24H26Cl2N2O5. The highest BCUT2D eigenvalue weighted by molar-refractivity contribution is 6.42. The monoisotopic (exact) mass is 492 g/mol. The lowest BCUT2D eigenvalue weighted by Gasteiger charge is -2.30. The Hall–Kier alpha value is -2.90. The van der Waals surface area contributed by atoms with E-state index in [9.17, 15) is 9.59 Å². The molecule has 0 fully saturated rings. The Morgan fingerprint density at radius 3 is 2.48 bits per heavy atom. The second-order valence-electron chi connectivity index (χ2n) is 7.68. The maximum absolute atomic E-state index is 12.9. The molecule has 0 radical (unpaired) electrons. The molecular weight excluding hydrogens is 467 g/mol. The van der Waals surface area contributed by atoms with Crippen molar-refractivity contribution in [2.24, 2.45) is 0 Å². The number of methoxy groups -OCH3 is 1. The fourth-order valence-electron chi connectivity index (χ4n) is 3.44. The minimum atomic E-state index is -0.710. The van der Waals surface area contributed by atoms with Gasteiger partial charge in [0.15, 0.2) is 11.5 Å². The van der Waals surface area contributed by atoms with Gasteiger partial charge in [-0.3, -0.25) is 0 Å². The molecule has 2 aromatic rings. The summed E-state index contributed by atoms with van der Waals surface area (Å²) in [5, 5.41) is 6.42. The van der Waals surface area contributed by atoms with Crippen LogP contribution in [0.4, 0.5) is 4.79 Å². The van der Waals surface area contributed by atoms with Gasteiger partial charge in [-0.2, -0.15) is 0 Å². The van der Waals surface area contributed by atoms with Gasteiger partial charge in [-0.1, -0.05) is 42.3 Å². The normalized spacial score (nSPS) is 15.7. The summed E-state index contributed by atoms with van der Waals surface area (Å²) in [7, 11) is 1.54. The van der Waals surface area contributed by atoms with Gasteiger partial charge in [0.25, 0.3) is 0 Å². The zero-order valence-corrected chi connectivity index (χ0v) is 20.3. The van der Waals surface area contributed by atoms with E-state index in [0.717, 1.165) is 5.56 Å². The zero-order valence-electron chi connectivity index (χ0n) is 18.8.